The van der Waals surface area contributed by atoms with Crippen molar-refractivity contribution in [2.24, 2.45) is 5.73 Å². The molecule has 0 saturated carbocycles. The molecule has 2 rings (SSSR count). The second-order valence-electron chi connectivity index (χ2n) is 5.67. The van der Waals surface area contributed by atoms with E-state index in [1.807, 2.05) is 12.1 Å². The van der Waals surface area contributed by atoms with Crippen molar-refractivity contribution in [1.29, 1.82) is 0 Å². The number of nitrogens with two attached hydrogens (primary N) is 1. The molecule has 22 heavy (non-hydrogen) atoms. The molecule has 3 heteroatoms. The molecule has 0 bridgehead atoms. The quantitative estimate of drug-likeness (QED) is 0.886. The van der Waals surface area contributed by atoms with Crippen molar-refractivity contribution in [2.45, 2.75) is 26.2 Å². The molecule has 0 aliphatic carbocycles. The first-order valence-corrected chi connectivity index (χ1v) is 7.57. The highest BCUT2D eigenvalue weighted by molar-refractivity contribution is 5.43. The van der Waals surface area contributed by atoms with Crippen LogP contribution in [0.5, 0.6) is 11.5 Å². The third-order valence-corrected chi connectivity index (χ3v) is 4.12. The minimum atomic E-state index is 0.280. The molecule has 0 aliphatic rings. The monoisotopic (exact) mass is 299 g/mol. The Morgan fingerprint density at radius 2 is 1.77 bits per heavy atom. The molecular formula is C19H25NO2. The van der Waals surface area contributed by atoms with Crippen molar-refractivity contribution in [2.75, 3.05) is 20.8 Å². The van der Waals surface area contributed by atoms with Crippen molar-refractivity contribution in [3.8, 4) is 11.5 Å². The summed E-state index contributed by atoms with van der Waals surface area (Å²) in [5.41, 5.74) is 11.1. The average molecular weight is 299 g/mol. The van der Waals surface area contributed by atoms with Crippen LogP contribution in [0.1, 0.15) is 28.2 Å². The topological polar surface area (TPSA) is 44.5 Å². The Morgan fingerprint density at radius 3 is 2.41 bits per heavy atom. The van der Waals surface area contributed by atoms with E-state index in [0.717, 1.165) is 23.5 Å². The lowest BCUT2D eigenvalue weighted by Gasteiger charge is -2.20. The van der Waals surface area contributed by atoms with Crippen molar-refractivity contribution in [3.63, 3.8) is 0 Å². The Bertz CT molecular complexity index is 637. The maximum atomic E-state index is 6.05. The summed E-state index contributed by atoms with van der Waals surface area (Å²) in [6.45, 7) is 4.87. The highest BCUT2D eigenvalue weighted by Gasteiger charge is 2.16. The van der Waals surface area contributed by atoms with Crippen LogP contribution in [0, 0.1) is 13.8 Å². The fourth-order valence-electron chi connectivity index (χ4n) is 2.81. The molecule has 3 nitrogen and oxygen atoms in total. The van der Waals surface area contributed by atoms with Gasteiger partial charge >= 0.3 is 0 Å². The normalized spacial score (nSPS) is 12.0. The standard InChI is InChI=1S/C19H25NO2/c1-13-5-6-14(2)18(9-13)16(12-20)10-15-7-8-17(21-3)11-19(15)22-4/h5-9,11,16H,10,12,20H2,1-4H3. The fraction of sp³-hybridized carbons (Fsp3) is 0.368. The Kier molecular flexibility index (Phi) is 5.45. The van der Waals surface area contributed by atoms with Crippen molar-refractivity contribution in [1.82, 2.24) is 0 Å². The molecule has 2 aromatic rings. The lowest BCUT2D eigenvalue weighted by molar-refractivity contribution is 0.390. The van der Waals surface area contributed by atoms with Crippen LogP contribution in [0.4, 0.5) is 0 Å². The van der Waals surface area contributed by atoms with Crippen LogP contribution in [-0.4, -0.2) is 20.8 Å². The van der Waals surface area contributed by atoms with Gasteiger partial charge in [0.15, 0.2) is 0 Å². The second kappa shape index (κ2) is 7.32. The van der Waals surface area contributed by atoms with Crippen molar-refractivity contribution < 1.29 is 9.47 Å². The van der Waals surface area contributed by atoms with E-state index in [2.05, 4.69) is 38.1 Å². The molecule has 0 heterocycles. The number of aryl methyl sites for hydroxylation is 2. The van der Waals surface area contributed by atoms with E-state index in [1.165, 1.54) is 16.7 Å². The Labute approximate surface area is 133 Å². The molecule has 0 fully saturated rings. The van der Waals surface area contributed by atoms with Crippen LogP contribution in [0.15, 0.2) is 36.4 Å². The van der Waals surface area contributed by atoms with Gasteiger partial charge in [0.05, 0.1) is 14.2 Å². The number of benzene rings is 2. The molecule has 2 aromatic carbocycles. The van der Waals surface area contributed by atoms with Crippen LogP contribution < -0.4 is 15.2 Å². The maximum absolute atomic E-state index is 6.05. The summed E-state index contributed by atoms with van der Waals surface area (Å²) in [6, 6.07) is 12.5. The van der Waals surface area contributed by atoms with E-state index in [4.69, 9.17) is 15.2 Å². The van der Waals surface area contributed by atoms with Crippen molar-refractivity contribution in [3.05, 3.63) is 58.7 Å². The molecule has 0 amide bonds. The molecule has 0 aromatic heterocycles. The van der Waals surface area contributed by atoms with Gasteiger partial charge in [-0.05, 0) is 49.6 Å². The molecule has 0 spiro atoms. The van der Waals surface area contributed by atoms with E-state index in [1.54, 1.807) is 14.2 Å². The van der Waals surface area contributed by atoms with Gasteiger partial charge in [0.2, 0.25) is 0 Å². The lowest BCUT2D eigenvalue weighted by atomic mass is 9.88. The van der Waals surface area contributed by atoms with Gasteiger partial charge in [0.1, 0.15) is 11.5 Å². The van der Waals surface area contributed by atoms with Gasteiger partial charge in [0.25, 0.3) is 0 Å². The smallest absolute Gasteiger partial charge is 0.125 e. The molecule has 1 unspecified atom stereocenters. The van der Waals surface area contributed by atoms with E-state index in [9.17, 15) is 0 Å². The minimum absolute atomic E-state index is 0.280. The summed E-state index contributed by atoms with van der Waals surface area (Å²) in [5, 5.41) is 0. The van der Waals surface area contributed by atoms with E-state index >= 15 is 0 Å². The van der Waals surface area contributed by atoms with E-state index in [-0.39, 0.29) is 5.92 Å². The van der Waals surface area contributed by atoms with Gasteiger partial charge in [-0.2, -0.15) is 0 Å². The third-order valence-electron chi connectivity index (χ3n) is 4.12. The summed E-state index contributed by atoms with van der Waals surface area (Å²) < 4.78 is 10.8. The summed E-state index contributed by atoms with van der Waals surface area (Å²) in [4.78, 5) is 0. The van der Waals surface area contributed by atoms with Crippen LogP contribution in [-0.2, 0) is 6.42 Å². The third kappa shape index (κ3) is 3.60. The summed E-state index contributed by atoms with van der Waals surface area (Å²) in [5.74, 6) is 1.93. The Hall–Kier alpha value is -2.00. The largest absolute Gasteiger partial charge is 0.497 e. The number of rotatable bonds is 6. The molecule has 118 valence electrons. The Morgan fingerprint density at radius 1 is 1.00 bits per heavy atom. The average Bonchev–Trinajstić information content (AvgIpc) is 2.55. The fourth-order valence-corrected chi connectivity index (χ4v) is 2.81. The van der Waals surface area contributed by atoms with E-state index < -0.39 is 0 Å². The van der Waals surface area contributed by atoms with Gasteiger partial charge in [0, 0.05) is 12.0 Å². The zero-order valence-corrected chi connectivity index (χ0v) is 13.8. The van der Waals surface area contributed by atoms with Gasteiger partial charge in [-0.25, -0.2) is 0 Å². The lowest BCUT2D eigenvalue weighted by Crippen LogP contribution is -2.16. The number of methoxy groups -OCH3 is 2. The first-order chi connectivity index (χ1) is 10.6. The summed E-state index contributed by atoms with van der Waals surface area (Å²) >= 11 is 0. The molecular weight excluding hydrogens is 274 g/mol. The van der Waals surface area contributed by atoms with E-state index in [0.29, 0.717) is 6.54 Å². The van der Waals surface area contributed by atoms with Crippen LogP contribution in [0.3, 0.4) is 0 Å². The molecule has 1 atom stereocenters. The van der Waals surface area contributed by atoms with Gasteiger partial charge in [-0.15, -0.1) is 0 Å². The first kappa shape index (κ1) is 16.4. The predicted molar refractivity (Wildman–Crippen MR) is 91.0 cm³/mol. The van der Waals surface area contributed by atoms with Crippen LogP contribution in [0.25, 0.3) is 0 Å². The number of ether oxygens (including phenoxy) is 2. The predicted octanol–water partition coefficient (Wildman–Crippen LogP) is 3.61. The van der Waals surface area contributed by atoms with Gasteiger partial charge < -0.3 is 15.2 Å². The maximum Gasteiger partial charge on any atom is 0.125 e. The molecule has 2 N–H and O–H groups in total. The number of hydrogen-bond acceptors (Lipinski definition) is 3. The molecule has 0 saturated heterocycles. The second-order valence-corrected chi connectivity index (χ2v) is 5.67. The zero-order valence-electron chi connectivity index (χ0n) is 13.8. The van der Waals surface area contributed by atoms with Crippen LogP contribution >= 0.6 is 0 Å². The summed E-state index contributed by atoms with van der Waals surface area (Å²) in [7, 11) is 3.35. The minimum Gasteiger partial charge on any atom is -0.497 e. The van der Waals surface area contributed by atoms with Gasteiger partial charge in [-0.1, -0.05) is 29.8 Å². The molecule has 0 aliphatic heterocycles. The highest BCUT2D eigenvalue weighted by Crippen LogP contribution is 2.30. The SMILES string of the molecule is COc1ccc(CC(CN)c2cc(C)ccc2C)c(OC)c1. The van der Waals surface area contributed by atoms with Crippen LogP contribution in [0.2, 0.25) is 0 Å². The number of hydrogen-bond donors (Lipinski definition) is 1. The van der Waals surface area contributed by atoms with Crippen molar-refractivity contribution >= 4 is 0 Å². The summed E-state index contributed by atoms with van der Waals surface area (Å²) in [6.07, 6.45) is 0.855. The van der Waals surface area contributed by atoms with Gasteiger partial charge in [-0.3, -0.25) is 0 Å². The molecule has 0 radical (unpaired) electrons. The zero-order chi connectivity index (χ0) is 16.1. The highest BCUT2D eigenvalue weighted by atomic mass is 16.5. The Balaban J connectivity index is 2.32. The first-order valence-electron chi connectivity index (χ1n) is 7.57.